The van der Waals surface area contributed by atoms with Gasteiger partial charge in [-0.3, -0.25) is 9.59 Å². The predicted octanol–water partition coefficient (Wildman–Crippen LogP) is 8.02. The molecule has 0 aromatic heterocycles. The minimum absolute atomic E-state index is 0.0177. The Morgan fingerprint density at radius 2 is 1.43 bits per heavy atom. The van der Waals surface area contributed by atoms with Crippen LogP contribution in [0.2, 0.25) is 5.02 Å². The molecule has 0 N–H and O–H groups in total. The molecule has 1 aliphatic carbocycles. The lowest BCUT2D eigenvalue weighted by Crippen LogP contribution is -2.49. The zero-order valence-electron chi connectivity index (χ0n) is 22.6. The van der Waals surface area contributed by atoms with Crippen molar-refractivity contribution in [1.82, 2.24) is 9.80 Å². The summed E-state index contributed by atoms with van der Waals surface area (Å²) < 4.78 is 80.6. The van der Waals surface area contributed by atoms with Crippen LogP contribution in [0, 0.1) is 0 Å². The van der Waals surface area contributed by atoms with Gasteiger partial charge < -0.3 is 9.80 Å². The Bertz CT molecular complexity index is 1140. The van der Waals surface area contributed by atoms with Crippen molar-refractivity contribution in [1.29, 1.82) is 0 Å². The minimum Gasteiger partial charge on any atom is -0.338 e. The minimum atomic E-state index is -5.09. The van der Waals surface area contributed by atoms with Crippen molar-refractivity contribution < 1.29 is 35.9 Å². The molecule has 0 heterocycles. The van der Waals surface area contributed by atoms with E-state index in [0.717, 1.165) is 37.0 Å². The summed E-state index contributed by atoms with van der Waals surface area (Å²) in [6.07, 6.45) is -5.41. The highest BCUT2D eigenvalue weighted by Gasteiger charge is 2.38. The SMILES string of the molecule is CC(C)N(C(=O)CC(Cc1ccc(Cl)cc1)N(C)C(=O)c1cc(C(F)(F)F)cc(C(F)(F)F)c1)C1CCCCC1. The smallest absolute Gasteiger partial charge is 0.338 e. The van der Waals surface area contributed by atoms with E-state index >= 15 is 0 Å². The molecule has 0 bridgehead atoms. The summed E-state index contributed by atoms with van der Waals surface area (Å²) in [6, 6.07) is 6.55. The standard InChI is InChI=1S/C29H33ClF6N2O2/c1-18(2)38(24-7-5-4-6-8-24)26(39)17-25(13-19-9-11-23(30)12-10-19)37(3)27(40)20-14-21(28(31,32)33)16-22(15-20)29(34,35)36/h9-12,14-16,18,24-25H,4-8,13,17H2,1-3H3. The van der Waals surface area contributed by atoms with Crippen LogP contribution in [0.1, 0.15) is 79.4 Å². The van der Waals surface area contributed by atoms with E-state index in [-0.39, 0.29) is 36.9 Å². The molecule has 220 valence electrons. The van der Waals surface area contributed by atoms with Gasteiger partial charge in [-0.25, -0.2) is 0 Å². The van der Waals surface area contributed by atoms with Crippen LogP contribution in [0.25, 0.3) is 0 Å². The Balaban J connectivity index is 1.97. The summed E-state index contributed by atoms with van der Waals surface area (Å²) in [5.41, 5.74) is -3.21. The first-order valence-corrected chi connectivity index (χ1v) is 13.6. The third kappa shape index (κ3) is 8.15. The molecule has 1 unspecified atom stereocenters. The molecule has 1 saturated carbocycles. The Kier molecular flexibility index (Phi) is 10.2. The van der Waals surface area contributed by atoms with Crippen LogP contribution < -0.4 is 0 Å². The Morgan fingerprint density at radius 1 is 0.900 bits per heavy atom. The predicted molar refractivity (Wildman–Crippen MR) is 141 cm³/mol. The van der Waals surface area contributed by atoms with Gasteiger partial charge in [0.15, 0.2) is 0 Å². The lowest BCUT2D eigenvalue weighted by Gasteiger charge is -2.39. The number of alkyl halides is 6. The molecular formula is C29H33ClF6N2O2. The van der Waals surface area contributed by atoms with Crippen LogP contribution >= 0.6 is 11.6 Å². The fourth-order valence-corrected chi connectivity index (χ4v) is 5.39. The number of amides is 2. The molecule has 2 amide bonds. The molecule has 0 saturated heterocycles. The van der Waals surface area contributed by atoms with Crippen LogP contribution in [0.5, 0.6) is 0 Å². The average molecular weight is 591 g/mol. The van der Waals surface area contributed by atoms with Crippen LogP contribution in [0.15, 0.2) is 42.5 Å². The van der Waals surface area contributed by atoms with Crippen molar-refractivity contribution in [2.24, 2.45) is 0 Å². The molecule has 0 radical (unpaired) electrons. The third-order valence-electron chi connectivity index (χ3n) is 7.31. The number of likely N-dealkylation sites (N-methyl/N-ethyl adjacent to an activating group) is 1. The normalized spacial score (nSPS) is 15.7. The Morgan fingerprint density at radius 3 is 1.90 bits per heavy atom. The molecule has 2 aromatic carbocycles. The molecule has 0 spiro atoms. The maximum absolute atomic E-state index is 13.6. The van der Waals surface area contributed by atoms with Crippen molar-refractivity contribution in [3.63, 3.8) is 0 Å². The van der Waals surface area contributed by atoms with E-state index in [9.17, 15) is 35.9 Å². The first kappa shape index (κ1) is 31.8. The largest absolute Gasteiger partial charge is 0.416 e. The van der Waals surface area contributed by atoms with Gasteiger partial charge in [-0.1, -0.05) is 43.0 Å². The fourth-order valence-electron chi connectivity index (χ4n) is 5.27. The molecule has 1 fully saturated rings. The Hall–Kier alpha value is -2.75. The van der Waals surface area contributed by atoms with Crippen LogP contribution in [-0.4, -0.2) is 46.8 Å². The highest BCUT2D eigenvalue weighted by atomic mass is 35.5. The second-order valence-electron chi connectivity index (χ2n) is 10.6. The summed E-state index contributed by atoms with van der Waals surface area (Å²) in [4.78, 5) is 29.9. The van der Waals surface area contributed by atoms with Crippen molar-refractivity contribution in [3.05, 3.63) is 69.7 Å². The zero-order valence-corrected chi connectivity index (χ0v) is 23.3. The van der Waals surface area contributed by atoms with E-state index in [4.69, 9.17) is 11.6 Å². The van der Waals surface area contributed by atoms with E-state index in [1.54, 1.807) is 29.2 Å². The number of carbonyl (C=O) groups excluding carboxylic acids is 2. The Labute approximate surface area is 235 Å². The van der Waals surface area contributed by atoms with E-state index < -0.39 is 41.0 Å². The summed E-state index contributed by atoms with van der Waals surface area (Å²) in [7, 11) is 1.30. The van der Waals surface area contributed by atoms with Crippen molar-refractivity contribution in [2.75, 3.05) is 7.05 Å². The number of rotatable bonds is 8. The van der Waals surface area contributed by atoms with E-state index in [2.05, 4.69) is 0 Å². The fraction of sp³-hybridized carbons (Fsp3) is 0.517. The van der Waals surface area contributed by atoms with Gasteiger partial charge >= 0.3 is 12.4 Å². The number of halogens is 7. The maximum Gasteiger partial charge on any atom is 0.416 e. The first-order valence-electron chi connectivity index (χ1n) is 13.2. The molecule has 11 heteroatoms. The molecule has 1 atom stereocenters. The summed E-state index contributed by atoms with van der Waals surface area (Å²) in [5, 5.41) is 0.465. The van der Waals surface area contributed by atoms with Gasteiger partial charge in [0.1, 0.15) is 0 Å². The molecule has 2 aromatic rings. The van der Waals surface area contributed by atoms with Gasteiger partial charge in [0.2, 0.25) is 5.91 Å². The highest BCUT2D eigenvalue weighted by molar-refractivity contribution is 6.30. The van der Waals surface area contributed by atoms with Gasteiger partial charge in [0.25, 0.3) is 5.91 Å². The van der Waals surface area contributed by atoms with Gasteiger partial charge in [-0.05, 0) is 69.0 Å². The maximum atomic E-state index is 13.6. The zero-order chi connectivity index (χ0) is 29.8. The molecule has 40 heavy (non-hydrogen) atoms. The number of hydrogen-bond donors (Lipinski definition) is 0. The van der Waals surface area contributed by atoms with Crippen molar-refractivity contribution >= 4 is 23.4 Å². The first-order chi connectivity index (χ1) is 18.6. The van der Waals surface area contributed by atoms with E-state index in [1.165, 1.54) is 7.05 Å². The number of carbonyl (C=O) groups is 2. The van der Waals surface area contributed by atoms with Crippen LogP contribution in [0.3, 0.4) is 0 Å². The van der Waals surface area contributed by atoms with Crippen molar-refractivity contribution in [3.8, 4) is 0 Å². The second kappa shape index (κ2) is 12.8. The van der Waals surface area contributed by atoms with Gasteiger partial charge in [-0.2, -0.15) is 26.3 Å². The lowest BCUT2D eigenvalue weighted by atomic mass is 9.92. The van der Waals surface area contributed by atoms with E-state index in [1.807, 2.05) is 13.8 Å². The lowest BCUT2D eigenvalue weighted by molar-refractivity contribution is -0.143. The number of benzene rings is 2. The number of hydrogen-bond acceptors (Lipinski definition) is 2. The van der Waals surface area contributed by atoms with Crippen LogP contribution in [-0.2, 0) is 23.6 Å². The molecule has 3 rings (SSSR count). The monoisotopic (exact) mass is 590 g/mol. The third-order valence-corrected chi connectivity index (χ3v) is 7.56. The molecule has 4 nitrogen and oxygen atoms in total. The van der Waals surface area contributed by atoms with Crippen molar-refractivity contribution in [2.45, 2.75) is 89.3 Å². The van der Waals surface area contributed by atoms with Gasteiger partial charge in [-0.15, -0.1) is 0 Å². The second-order valence-corrected chi connectivity index (χ2v) is 11.0. The average Bonchev–Trinajstić information content (AvgIpc) is 2.88. The topological polar surface area (TPSA) is 40.6 Å². The number of nitrogens with zero attached hydrogens (tertiary/aromatic N) is 2. The van der Waals surface area contributed by atoms with E-state index in [0.29, 0.717) is 22.7 Å². The van der Waals surface area contributed by atoms with Gasteiger partial charge in [0, 0.05) is 42.2 Å². The summed E-state index contributed by atoms with van der Waals surface area (Å²) >= 11 is 5.98. The quantitative estimate of drug-likeness (QED) is 0.292. The molecular weight excluding hydrogens is 558 g/mol. The summed E-state index contributed by atoms with van der Waals surface area (Å²) in [6.45, 7) is 3.80. The van der Waals surface area contributed by atoms with Crippen LogP contribution in [0.4, 0.5) is 26.3 Å². The molecule has 0 aliphatic heterocycles. The summed E-state index contributed by atoms with van der Waals surface area (Å²) in [5.74, 6) is -1.27. The molecule has 1 aliphatic rings. The highest BCUT2D eigenvalue weighted by Crippen LogP contribution is 2.37. The van der Waals surface area contributed by atoms with Gasteiger partial charge in [0.05, 0.1) is 11.1 Å².